The van der Waals surface area contributed by atoms with Crippen LogP contribution in [-0.4, -0.2) is 30.5 Å². The van der Waals surface area contributed by atoms with Crippen molar-refractivity contribution in [1.29, 1.82) is 0 Å². The Hall–Kier alpha value is -0.710. The zero-order valence-corrected chi connectivity index (χ0v) is 12.4. The van der Waals surface area contributed by atoms with E-state index in [1.165, 1.54) is 12.8 Å². The number of halogens is 1. The number of hydrogen-bond acceptors (Lipinski definition) is 3. The normalized spacial score (nSPS) is 16.3. The Kier molecular flexibility index (Phi) is 6.01. The first kappa shape index (κ1) is 14.7. The quantitative estimate of drug-likeness (QED) is 0.878. The zero-order valence-electron chi connectivity index (χ0n) is 10.8. The summed E-state index contributed by atoms with van der Waals surface area (Å²) in [4.78, 5) is 11.8. The Balaban J connectivity index is 1.65. The van der Waals surface area contributed by atoms with Crippen LogP contribution in [0.4, 0.5) is 5.69 Å². The Morgan fingerprint density at radius 2 is 2.00 bits per heavy atom. The molecule has 1 fully saturated rings. The van der Waals surface area contributed by atoms with Crippen molar-refractivity contribution >= 4 is 35.0 Å². The third-order valence-electron chi connectivity index (χ3n) is 3.17. The lowest BCUT2D eigenvalue weighted by Crippen LogP contribution is -2.29. The van der Waals surface area contributed by atoms with Crippen molar-refractivity contribution in [2.24, 2.45) is 5.92 Å². The number of carbonyl (C=O) groups excluding carboxylic acids is 1. The lowest BCUT2D eigenvalue weighted by atomic mass is 10.0. The van der Waals surface area contributed by atoms with Gasteiger partial charge < -0.3 is 10.6 Å². The van der Waals surface area contributed by atoms with Gasteiger partial charge in [-0.2, -0.15) is 11.8 Å². The fourth-order valence-electron chi connectivity index (χ4n) is 2.10. The van der Waals surface area contributed by atoms with Gasteiger partial charge in [0.05, 0.1) is 5.75 Å². The summed E-state index contributed by atoms with van der Waals surface area (Å²) < 4.78 is 0. The minimum atomic E-state index is 0.0567. The number of nitrogens with one attached hydrogen (secondary N) is 2. The molecular weight excluding hydrogens is 280 g/mol. The number of benzene rings is 1. The fourth-order valence-corrected chi connectivity index (χ4v) is 3.27. The zero-order chi connectivity index (χ0) is 13.5. The van der Waals surface area contributed by atoms with Gasteiger partial charge in [-0.1, -0.05) is 11.6 Å². The van der Waals surface area contributed by atoms with Gasteiger partial charge in [0.2, 0.25) is 5.91 Å². The SMILES string of the molecule is O=C(CSCC1CCNCC1)Nc1ccc(Cl)cc1. The van der Waals surface area contributed by atoms with Crippen molar-refractivity contribution in [3.05, 3.63) is 29.3 Å². The lowest BCUT2D eigenvalue weighted by molar-refractivity contribution is -0.113. The van der Waals surface area contributed by atoms with Crippen molar-refractivity contribution in [1.82, 2.24) is 5.32 Å². The lowest BCUT2D eigenvalue weighted by Gasteiger charge is -2.21. The van der Waals surface area contributed by atoms with E-state index in [1.54, 1.807) is 23.9 Å². The van der Waals surface area contributed by atoms with E-state index >= 15 is 0 Å². The van der Waals surface area contributed by atoms with Crippen LogP contribution in [0, 0.1) is 5.92 Å². The molecule has 104 valence electrons. The molecular formula is C14H19ClN2OS. The molecule has 0 unspecified atom stereocenters. The van der Waals surface area contributed by atoms with E-state index < -0.39 is 0 Å². The van der Waals surface area contributed by atoms with E-state index in [-0.39, 0.29) is 5.91 Å². The smallest absolute Gasteiger partial charge is 0.234 e. The van der Waals surface area contributed by atoms with Crippen molar-refractivity contribution in [2.45, 2.75) is 12.8 Å². The molecule has 5 heteroatoms. The molecule has 1 aromatic carbocycles. The summed E-state index contributed by atoms with van der Waals surface area (Å²) >= 11 is 7.52. The van der Waals surface area contributed by atoms with Crippen LogP contribution >= 0.6 is 23.4 Å². The molecule has 0 aromatic heterocycles. The van der Waals surface area contributed by atoms with E-state index in [2.05, 4.69) is 10.6 Å². The van der Waals surface area contributed by atoms with Crippen molar-refractivity contribution in [2.75, 3.05) is 29.9 Å². The molecule has 3 nitrogen and oxygen atoms in total. The highest BCUT2D eigenvalue weighted by molar-refractivity contribution is 7.99. The van der Waals surface area contributed by atoms with Gasteiger partial charge in [-0.3, -0.25) is 4.79 Å². The average molecular weight is 299 g/mol. The summed E-state index contributed by atoms with van der Waals surface area (Å²) in [5, 5.41) is 6.91. The first-order valence-corrected chi connectivity index (χ1v) is 8.11. The molecule has 1 aliphatic heterocycles. The summed E-state index contributed by atoms with van der Waals surface area (Å²) in [6.07, 6.45) is 2.46. The second kappa shape index (κ2) is 7.78. The van der Waals surface area contributed by atoms with Gasteiger partial charge in [-0.25, -0.2) is 0 Å². The molecule has 1 saturated heterocycles. The van der Waals surface area contributed by atoms with Gasteiger partial charge in [-0.15, -0.1) is 0 Å². The number of anilines is 1. The molecule has 2 rings (SSSR count). The van der Waals surface area contributed by atoms with Crippen LogP contribution in [0.5, 0.6) is 0 Å². The van der Waals surface area contributed by atoms with E-state index in [0.29, 0.717) is 10.8 Å². The summed E-state index contributed by atoms with van der Waals surface area (Å²) in [7, 11) is 0. The Morgan fingerprint density at radius 3 is 2.68 bits per heavy atom. The van der Waals surface area contributed by atoms with Gasteiger partial charge in [0.15, 0.2) is 0 Å². The minimum absolute atomic E-state index is 0.0567. The van der Waals surface area contributed by atoms with Crippen molar-refractivity contribution < 1.29 is 4.79 Å². The van der Waals surface area contributed by atoms with Crippen LogP contribution in [0.1, 0.15) is 12.8 Å². The van der Waals surface area contributed by atoms with Crippen LogP contribution in [0.25, 0.3) is 0 Å². The molecule has 1 aromatic rings. The second-order valence-electron chi connectivity index (χ2n) is 4.76. The fraction of sp³-hybridized carbons (Fsp3) is 0.500. The van der Waals surface area contributed by atoms with Crippen LogP contribution in [-0.2, 0) is 4.79 Å². The Morgan fingerprint density at radius 1 is 1.32 bits per heavy atom. The number of rotatable bonds is 5. The first-order chi connectivity index (χ1) is 9.24. The topological polar surface area (TPSA) is 41.1 Å². The van der Waals surface area contributed by atoms with Crippen molar-refractivity contribution in [3.8, 4) is 0 Å². The molecule has 0 bridgehead atoms. The van der Waals surface area contributed by atoms with E-state index in [4.69, 9.17) is 11.6 Å². The van der Waals surface area contributed by atoms with Crippen LogP contribution in [0.2, 0.25) is 5.02 Å². The molecule has 2 N–H and O–H groups in total. The Labute approximate surface area is 123 Å². The number of amides is 1. The van der Waals surface area contributed by atoms with E-state index in [9.17, 15) is 4.79 Å². The van der Waals surface area contributed by atoms with Gasteiger partial charge in [0.1, 0.15) is 0 Å². The minimum Gasteiger partial charge on any atom is -0.325 e. The molecule has 0 spiro atoms. The molecule has 19 heavy (non-hydrogen) atoms. The molecule has 1 aliphatic rings. The summed E-state index contributed by atoms with van der Waals surface area (Å²) in [6, 6.07) is 7.19. The molecule has 1 amide bonds. The summed E-state index contributed by atoms with van der Waals surface area (Å²) in [6.45, 7) is 2.23. The average Bonchev–Trinajstić information content (AvgIpc) is 2.43. The number of carbonyl (C=O) groups is 1. The predicted molar refractivity (Wildman–Crippen MR) is 83.0 cm³/mol. The third kappa shape index (κ3) is 5.43. The van der Waals surface area contributed by atoms with E-state index in [1.807, 2.05) is 12.1 Å². The number of thioether (sulfide) groups is 1. The van der Waals surface area contributed by atoms with Crippen molar-refractivity contribution in [3.63, 3.8) is 0 Å². The van der Waals surface area contributed by atoms with Crippen LogP contribution in [0.15, 0.2) is 24.3 Å². The van der Waals surface area contributed by atoms with Gasteiger partial charge in [0.25, 0.3) is 0 Å². The van der Waals surface area contributed by atoms with Gasteiger partial charge in [-0.05, 0) is 61.9 Å². The highest BCUT2D eigenvalue weighted by atomic mass is 35.5. The van der Waals surface area contributed by atoms with Gasteiger partial charge >= 0.3 is 0 Å². The molecule has 0 aliphatic carbocycles. The first-order valence-electron chi connectivity index (χ1n) is 6.58. The largest absolute Gasteiger partial charge is 0.325 e. The highest BCUT2D eigenvalue weighted by Crippen LogP contribution is 2.18. The maximum Gasteiger partial charge on any atom is 0.234 e. The maximum atomic E-state index is 11.8. The second-order valence-corrected chi connectivity index (χ2v) is 6.23. The predicted octanol–water partition coefficient (Wildman–Crippen LogP) is 3.01. The molecule has 0 saturated carbocycles. The number of piperidine rings is 1. The standard InChI is InChI=1S/C14H19ClN2OS/c15-12-1-3-13(4-2-12)17-14(18)10-19-9-11-5-7-16-8-6-11/h1-4,11,16H,5-10H2,(H,17,18). The van der Waals surface area contributed by atoms with Crippen LogP contribution in [0.3, 0.4) is 0 Å². The number of hydrogen-bond donors (Lipinski definition) is 2. The Bertz CT molecular complexity index is 404. The van der Waals surface area contributed by atoms with Gasteiger partial charge in [0, 0.05) is 10.7 Å². The molecule has 1 heterocycles. The monoisotopic (exact) mass is 298 g/mol. The van der Waals surface area contributed by atoms with Crippen LogP contribution < -0.4 is 10.6 Å². The molecule has 0 radical (unpaired) electrons. The summed E-state index contributed by atoms with van der Waals surface area (Å²) in [5.41, 5.74) is 0.803. The molecule has 0 atom stereocenters. The summed E-state index contributed by atoms with van der Waals surface area (Å²) in [5.74, 6) is 2.42. The van der Waals surface area contributed by atoms with E-state index in [0.717, 1.165) is 30.4 Å². The third-order valence-corrected chi connectivity index (χ3v) is 4.60. The highest BCUT2D eigenvalue weighted by Gasteiger charge is 2.13. The maximum absolute atomic E-state index is 11.8.